The lowest BCUT2D eigenvalue weighted by Crippen LogP contribution is -2.46. The molecule has 1 atom stereocenters. The highest BCUT2D eigenvalue weighted by Crippen LogP contribution is 2.44. The van der Waals surface area contributed by atoms with Crippen LogP contribution in [0, 0.1) is 0 Å². The molecule has 0 bridgehead atoms. The molecule has 1 unspecified atom stereocenters. The second kappa shape index (κ2) is 10.7. The molecule has 2 N–H and O–H groups in total. The molecule has 0 heterocycles. The van der Waals surface area contributed by atoms with Gasteiger partial charge in [-0.2, -0.15) is 0 Å². The van der Waals surface area contributed by atoms with Crippen LogP contribution >= 0.6 is 11.6 Å². The maximum Gasteiger partial charge on any atom is 0.426 e. The van der Waals surface area contributed by atoms with E-state index < -0.39 is 46.5 Å². The lowest BCUT2D eigenvalue weighted by atomic mass is 10.1. The first-order valence-electron chi connectivity index (χ1n) is 7.67. The molecule has 0 aliphatic carbocycles. The van der Waals surface area contributed by atoms with E-state index in [4.69, 9.17) is 21.1 Å². The number of ether oxygens (including phenoxy) is 2. The van der Waals surface area contributed by atoms with E-state index >= 15 is 0 Å². The molecule has 1 aromatic carbocycles. The van der Waals surface area contributed by atoms with E-state index in [9.17, 15) is 23.2 Å². The molecule has 1 rings (SSSR count). The van der Waals surface area contributed by atoms with Gasteiger partial charge in [0.15, 0.2) is 6.10 Å². The molecule has 0 aliphatic rings. The number of benzene rings is 1. The van der Waals surface area contributed by atoms with Gasteiger partial charge >= 0.3 is 6.09 Å². The highest BCUT2D eigenvalue weighted by molar-refractivity contribution is 6.18. The van der Waals surface area contributed by atoms with Gasteiger partial charge in [0, 0.05) is 25.0 Å². The maximum atomic E-state index is 13.0. The molecule has 1 aromatic rings. The molecular weight excluding hydrogens is 413 g/mol. The van der Waals surface area contributed by atoms with E-state index in [-0.39, 0.29) is 12.5 Å². The van der Waals surface area contributed by atoms with Gasteiger partial charge < -0.3 is 9.47 Å². The van der Waals surface area contributed by atoms with Crippen LogP contribution in [0.15, 0.2) is 12.1 Å². The lowest BCUT2D eigenvalue weighted by Gasteiger charge is -2.22. The first-order valence-corrected chi connectivity index (χ1v) is 8.21. The monoisotopic (exact) mass is 430 g/mol. The fraction of sp³-hybridized carbons (Fsp3) is 0.467. The summed E-state index contributed by atoms with van der Waals surface area (Å²) >= 11 is 5.51. The molecular formula is C15H18ClF3N2O7. The minimum atomic E-state index is -1.66. The number of rotatable bonds is 8. The van der Waals surface area contributed by atoms with Gasteiger partial charge in [-0.15, -0.1) is 11.6 Å². The van der Waals surface area contributed by atoms with Crippen LogP contribution in [0.5, 0.6) is 17.2 Å². The van der Waals surface area contributed by atoms with Gasteiger partial charge in [-0.1, -0.05) is 0 Å². The first-order chi connectivity index (χ1) is 13.2. The Labute approximate surface area is 162 Å². The SMILES string of the molecule is CC(C)(C)OC(=O)NNC(=O)C(OCCCl)c1ccc(OF)c(OF)c1OF. The van der Waals surface area contributed by atoms with Gasteiger partial charge in [0.25, 0.3) is 11.7 Å². The number of hydrogen-bond acceptors (Lipinski definition) is 7. The summed E-state index contributed by atoms with van der Waals surface area (Å²) in [6.07, 6.45) is -2.66. The molecule has 0 radical (unpaired) electrons. The van der Waals surface area contributed by atoms with Gasteiger partial charge in [0.1, 0.15) is 5.60 Å². The van der Waals surface area contributed by atoms with Crippen molar-refractivity contribution in [1.29, 1.82) is 0 Å². The minimum absolute atomic E-state index is 0.0623. The molecule has 13 heteroatoms. The zero-order valence-corrected chi connectivity index (χ0v) is 15.8. The van der Waals surface area contributed by atoms with Crippen LogP contribution in [0.3, 0.4) is 0 Å². The van der Waals surface area contributed by atoms with Crippen molar-refractivity contribution in [3.8, 4) is 17.2 Å². The van der Waals surface area contributed by atoms with Gasteiger partial charge in [-0.05, 0) is 32.9 Å². The normalized spacial score (nSPS) is 12.0. The minimum Gasteiger partial charge on any atom is -0.443 e. The fourth-order valence-corrected chi connectivity index (χ4v) is 2.02. The number of carbonyl (C=O) groups is 2. The smallest absolute Gasteiger partial charge is 0.426 e. The summed E-state index contributed by atoms with van der Waals surface area (Å²) in [5.74, 6) is -4.09. The number of nitrogens with one attached hydrogen (secondary N) is 2. The van der Waals surface area contributed by atoms with Gasteiger partial charge in [-0.25, -0.2) is 10.2 Å². The second-order valence-corrected chi connectivity index (χ2v) is 6.48. The van der Waals surface area contributed by atoms with Crippen LogP contribution in [-0.4, -0.2) is 30.1 Å². The summed E-state index contributed by atoms with van der Waals surface area (Å²) in [7, 11) is 0. The number of alkyl halides is 1. The third-order valence-electron chi connectivity index (χ3n) is 2.91. The Kier molecular flexibility index (Phi) is 8.92. The zero-order chi connectivity index (χ0) is 21.3. The van der Waals surface area contributed by atoms with Crippen LogP contribution in [0.2, 0.25) is 0 Å². The summed E-state index contributed by atoms with van der Waals surface area (Å²) in [5.41, 5.74) is 2.68. The number of hydrazine groups is 1. The maximum absolute atomic E-state index is 13.0. The molecule has 0 spiro atoms. The van der Waals surface area contributed by atoms with E-state index in [0.717, 1.165) is 12.1 Å². The highest BCUT2D eigenvalue weighted by atomic mass is 35.5. The fourth-order valence-electron chi connectivity index (χ4n) is 1.93. The highest BCUT2D eigenvalue weighted by Gasteiger charge is 2.31. The Hall–Kier alpha value is -2.60. The molecule has 0 saturated carbocycles. The average Bonchev–Trinajstić information content (AvgIpc) is 2.64. The van der Waals surface area contributed by atoms with E-state index in [2.05, 4.69) is 14.8 Å². The van der Waals surface area contributed by atoms with Crippen LogP contribution in [0.4, 0.5) is 18.4 Å². The van der Waals surface area contributed by atoms with Gasteiger partial charge in [0.2, 0.25) is 11.5 Å². The standard InChI is InChI=1S/C15H18ClF3N2O7/c1-15(2,3)25-14(23)21-20-13(22)11(24-7-6-16)8-4-5-9(26-17)12(28-19)10(8)27-18/h4-5,11H,6-7H2,1-3H3,(H,20,22)(H,21,23). The first kappa shape index (κ1) is 23.4. The third-order valence-corrected chi connectivity index (χ3v) is 3.07. The summed E-state index contributed by atoms with van der Waals surface area (Å²) < 4.78 is 48.2. The van der Waals surface area contributed by atoms with E-state index in [1.807, 2.05) is 10.9 Å². The second-order valence-electron chi connectivity index (χ2n) is 6.10. The lowest BCUT2D eigenvalue weighted by molar-refractivity contribution is -0.134. The zero-order valence-electron chi connectivity index (χ0n) is 15.0. The number of hydrogen-bond donors (Lipinski definition) is 2. The van der Waals surface area contributed by atoms with Gasteiger partial charge in [-0.3, -0.25) is 25.0 Å². The molecule has 158 valence electrons. The van der Waals surface area contributed by atoms with Crippen molar-refractivity contribution in [2.24, 2.45) is 0 Å². The van der Waals surface area contributed by atoms with Crippen molar-refractivity contribution in [1.82, 2.24) is 10.9 Å². The number of halogens is 4. The van der Waals surface area contributed by atoms with Crippen molar-refractivity contribution in [3.63, 3.8) is 0 Å². The molecule has 0 aliphatic heterocycles. The molecule has 9 nitrogen and oxygen atoms in total. The van der Waals surface area contributed by atoms with Crippen LogP contribution < -0.4 is 25.7 Å². The van der Waals surface area contributed by atoms with E-state index in [0.29, 0.717) is 0 Å². The summed E-state index contributed by atoms with van der Waals surface area (Å²) in [4.78, 5) is 34.2. The van der Waals surface area contributed by atoms with Crippen molar-refractivity contribution in [2.75, 3.05) is 12.5 Å². The Balaban J connectivity index is 3.11. The summed E-state index contributed by atoms with van der Waals surface area (Å²) in [6.45, 7) is 4.58. The molecule has 0 fully saturated rings. The van der Waals surface area contributed by atoms with Crippen molar-refractivity contribution in [2.45, 2.75) is 32.5 Å². The quantitative estimate of drug-likeness (QED) is 0.481. The Bertz CT molecular complexity index is 688. The van der Waals surface area contributed by atoms with Crippen molar-refractivity contribution in [3.05, 3.63) is 17.7 Å². The Morgan fingerprint density at radius 3 is 2.21 bits per heavy atom. The van der Waals surface area contributed by atoms with Crippen molar-refractivity contribution >= 4 is 23.6 Å². The summed E-state index contributed by atoms with van der Waals surface area (Å²) in [6, 6.07) is 1.79. The third kappa shape index (κ3) is 6.53. The Morgan fingerprint density at radius 1 is 1.07 bits per heavy atom. The predicted octanol–water partition coefficient (Wildman–Crippen LogP) is 3.33. The average molecular weight is 431 g/mol. The molecule has 0 aromatic heterocycles. The van der Waals surface area contributed by atoms with Crippen LogP contribution in [-0.2, 0) is 14.3 Å². The molecule has 2 amide bonds. The number of carbonyl (C=O) groups excluding carboxylic acids is 2. The van der Waals surface area contributed by atoms with Gasteiger partial charge in [0.05, 0.1) is 6.61 Å². The van der Waals surface area contributed by atoms with Crippen molar-refractivity contribution < 1.29 is 47.5 Å². The Morgan fingerprint density at radius 2 is 1.71 bits per heavy atom. The molecule has 0 saturated heterocycles. The largest absolute Gasteiger partial charge is 0.443 e. The molecule has 28 heavy (non-hydrogen) atoms. The summed E-state index contributed by atoms with van der Waals surface area (Å²) in [5, 5.41) is 0. The van der Waals surface area contributed by atoms with Crippen LogP contribution in [0.25, 0.3) is 0 Å². The number of amides is 2. The topological polar surface area (TPSA) is 104 Å². The predicted molar refractivity (Wildman–Crippen MR) is 88.6 cm³/mol. The van der Waals surface area contributed by atoms with Crippen LogP contribution in [0.1, 0.15) is 32.4 Å². The van der Waals surface area contributed by atoms with E-state index in [1.54, 1.807) is 20.8 Å². The van der Waals surface area contributed by atoms with E-state index in [1.165, 1.54) is 0 Å².